The van der Waals surface area contributed by atoms with Gasteiger partial charge in [-0.1, -0.05) is 12.1 Å². The highest BCUT2D eigenvalue weighted by atomic mass is 16.5. The van der Waals surface area contributed by atoms with Crippen LogP contribution < -0.4 is 15.4 Å². The zero-order chi connectivity index (χ0) is 13.5. The van der Waals surface area contributed by atoms with Gasteiger partial charge in [-0.25, -0.2) is 4.79 Å². The zero-order valence-corrected chi connectivity index (χ0v) is 10.3. The molecule has 3 N–H and O–H groups in total. The first-order chi connectivity index (χ1) is 8.60. The number of carbonyl (C=O) groups is 2. The summed E-state index contributed by atoms with van der Waals surface area (Å²) in [6.45, 7) is 2.29. The Labute approximate surface area is 105 Å². The fourth-order valence-electron chi connectivity index (χ4n) is 1.42. The van der Waals surface area contributed by atoms with Gasteiger partial charge in [0.1, 0.15) is 5.75 Å². The quantitative estimate of drug-likeness (QED) is 0.648. The molecule has 0 aliphatic rings. The van der Waals surface area contributed by atoms with Gasteiger partial charge in [0, 0.05) is 0 Å². The lowest BCUT2D eigenvalue weighted by atomic mass is 10.2. The van der Waals surface area contributed by atoms with E-state index < -0.39 is 17.9 Å². The minimum absolute atomic E-state index is 0.450. The SMILES string of the molecule is CCOc1ccccc1NC(=O)C(NC)C(=O)O. The number of anilines is 1. The number of hydrogen-bond donors (Lipinski definition) is 3. The van der Waals surface area contributed by atoms with Crippen LogP contribution in [0.2, 0.25) is 0 Å². The lowest BCUT2D eigenvalue weighted by Gasteiger charge is -2.14. The molecule has 98 valence electrons. The maximum atomic E-state index is 11.7. The highest BCUT2D eigenvalue weighted by Gasteiger charge is 2.24. The minimum atomic E-state index is -1.29. The van der Waals surface area contributed by atoms with Crippen LogP contribution in [0.5, 0.6) is 5.75 Å². The van der Waals surface area contributed by atoms with Gasteiger partial charge in [0.2, 0.25) is 0 Å². The molecule has 1 rings (SSSR count). The fraction of sp³-hybridized carbons (Fsp3) is 0.333. The van der Waals surface area contributed by atoms with Crippen LogP contribution in [0, 0.1) is 0 Å². The molecule has 1 aromatic rings. The van der Waals surface area contributed by atoms with Crippen molar-refractivity contribution in [3.8, 4) is 5.75 Å². The summed E-state index contributed by atoms with van der Waals surface area (Å²) < 4.78 is 5.33. The standard InChI is InChI=1S/C12H16N2O4/c1-3-18-9-7-5-4-6-8(9)14-11(15)10(13-2)12(16)17/h4-7,10,13H,3H2,1-2H3,(H,14,15)(H,16,17). The molecule has 1 atom stereocenters. The van der Waals surface area contributed by atoms with Gasteiger partial charge in [-0.3, -0.25) is 10.1 Å². The van der Waals surface area contributed by atoms with Crippen LogP contribution >= 0.6 is 0 Å². The number of ether oxygens (including phenoxy) is 1. The zero-order valence-electron chi connectivity index (χ0n) is 10.3. The molecule has 1 unspecified atom stereocenters. The van der Waals surface area contributed by atoms with Gasteiger partial charge >= 0.3 is 5.97 Å². The first-order valence-electron chi connectivity index (χ1n) is 5.53. The summed E-state index contributed by atoms with van der Waals surface area (Å²) in [4.78, 5) is 22.5. The molecule has 0 saturated heterocycles. The van der Waals surface area contributed by atoms with Crippen LogP contribution in [-0.4, -0.2) is 36.7 Å². The lowest BCUT2D eigenvalue weighted by molar-refractivity contribution is -0.142. The number of carboxylic acid groups (broad SMARTS) is 1. The number of amides is 1. The summed E-state index contributed by atoms with van der Waals surface area (Å²) in [5.74, 6) is -1.37. The molecule has 0 saturated carbocycles. The van der Waals surface area contributed by atoms with Crippen molar-refractivity contribution in [1.82, 2.24) is 5.32 Å². The van der Waals surface area contributed by atoms with E-state index >= 15 is 0 Å². The molecule has 1 aromatic carbocycles. The Balaban J connectivity index is 2.83. The molecule has 0 aliphatic heterocycles. The Morgan fingerprint density at radius 3 is 2.61 bits per heavy atom. The van der Waals surface area contributed by atoms with E-state index in [-0.39, 0.29) is 0 Å². The Morgan fingerprint density at radius 1 is 1.39 bits per heavy atom. The number of likely N-dealkylation sites (N-methyl/N-ethyl adjacent to an activating group) is 1. The summed E-state index contributed by atoms with van der Waals surface area (Å²) >= 11 is 0. The number of benzene rings is 1. The molecular formula is C12H16N2O4. The number of aliphatic carboxylic acids is 1. The molecule has 0 aliphatic carbocycles. The van der Waals surface area contributed by atoms with Crippen molar-refractivity contribution < 1.29 is 19.4 Å². The maximum absolute atomic E-state index is 11.7. The molecule has 0 aromatic heterocycles. The molecule has 0 radical (unpaired) electrons. The largest absolute Gasteiger partial charge is 0.492 e. The van der Waals surface area contributed by atoms with E-state index in [4.69, 9.17) is 9.84 Å². The minimum Gasteiger partial charge on any atom is -0.492 e. The molecule has 0 heterocycles. The average Bonchev–Trinajstić information content (AvgIpc) is 2.32. The predicted octanol–water partition coefficient (Wildman–Crippen LogP) is 0.696. The van der Waals surface area contributed by atoms with Gasteiger partial charge < -0.3 is 15.2 Å². The van der Waals surface area contributed by atoms with Crippen molar-refractivity contribution in [2.75, 3.05) is 19.0 Å². The van der Waals surface area contributed by atoms with E-state index in [9.17, 15) is 9.59 Å². The summed E-state index contributed by atoms with van der Waals surface area (Å²) in [6, 6.07) is 5.56. The smallest absolute Gasteiger partial charge is 0.330 e. The maximum Gasteiger partial charge on any atom is 0.330 e. The van der Waals surface area contributed by atoms with Crippen LogP contribution in [-0.2, 0) is 9.59 Å². The number of carbonyl (C=O) groups excluding carboxylic acids is 1. The van der Waals surface area contributed by atoms with Crippen molar-refractivity contribution in [2.24, 2.45) is 0 Å². The van der Waals surface area contributed by atoms with Crippen LogP contribution in [0.1, 0.15) is 6.92 Å². The van der Waals surface area contributed by atoms with E-state index in [1.54, 1.807) is 24.3 Å². The Morgan fingerprint density at radius 2 is 2.06 bits per heavy atom. The predicted molar refractivity (Wildman–Crippen MR) is 66.7 cm³/mol. The molecule has 6 nitrogen and oxygen atoms in total. The van der Waals surface area contributed by atoms with Crippen molar-refractivity contribution in [3.05, 3.63) is 24.3 Å². The van der Waals surface area contributed by atoms with Crippen molar-refractivity contribution in [3.63, 3.8) is 0 Å². The molecule has 0 bridgehead atoms. The van der Waals surface area contributed by atoms with Crippen LogP contribution in [0.25, 0.3) is 0 Å². The van der Waals surface area contributed by atoms with E-state index in [2.05, 4.69) is 10.6 Å². The highest BCUT2D eigenvalue weighted by molar-refractivity contribution is 6.08. The second kappa shape index (κ2) is 6.61. The normalized spacial score (nSPS) is 11.7. The van der Waals surface area contributed by atoms with Gasteiger partial charge in [-0.2, -0.15) is 0 Å². The third-order valence-corrected chi connectivity index (χ3v) is 2.24. The molecule has 1 amide bonds. The number of para-hydroxylation sites is 2. The van der Waals surface area contributed by atoms with Crippen molar-refractivity contribution in [2.45, 2.75) is 13.0 Å². The Hall–Kier alpha value is -2.08. The monoisotopic (exact) mass is 252 g/mol. The molecule has 18 heavy (non-hydrogen) atoms. The summed E-state index contributed by atoms with van der Waals surface area (Å²) in [5, 5.41) is 13.8. The number of rotatable bonds is 6. The molecule has 6 heteroatoms. The summed E-state index contributed by atoms with van der Waals surface area (Å²) in [6.07, 6.45) is 0. The second-order valence-electron chi connectivity index (χ2n) is 3.48. The van der Waals surface area contributed by atoms with Crippen molar-refractivity contribution >= 4 is 17.6 Å². The fourth-order valence-corrected chi connectivity index (χ4v) is 1.42. The summed E-state index contributed by atoms with van der Waals surface area (Å²) in [5.41, 5.74) is 0.450. The third-order valence-electron chi connectivity index (χ3n) is 2.24. The van der Waals surface area contributed by atoms with Gasteiger partial charge in [0.15, 0.2) is 6.04 Å². The highest BCUT2D eigenvalue weighted by Crippen LogP contribution is 2.23. The molecule has 0 fully saturated rings. The van der Waals surface area contributed by atoms with E-state index in [1.807, 2.05) is 6.92 Å². The topological polar surface area (TPSA) is 87.7 Å². The van der Waals surface area contributed by atoms with E-state index in [0.717, 1.165) is 0 Å². The summed E-state index contributed by atoms with van der Waals surface area (Å²) in [7, 11) is 1.41. The number of hydrogen-bond acceptors (Lipinski definition) is 4. The number of carboxylic acids is 1. The van der Waals surface area contributed by atoms with Gasteiger partial charge in [0.05, 0.1) is 12.3 Å². The van der Waals surface area contributed by atoms with Gasteiger partial charge in [-0.05, 0) is 26.1 Å². The van der Waals surface area contributed by atoms with E-state index in [1.165, 1.54) is 7.05 Å². The number of nitrogens with one attached hydrogen (secondary N) is 2. The van der Waals surface area contributed by atoms with Crippen molar-refractivity contribution in [1.29, 1.82) is 0 Å². The first kappa shape index (κ1) is 14.0. The second-order valence-corrected chi connectivity index (χ2v) is 3.48. The first-order valence-corrected chi connectivity index (χ1v) is 5.53. The molecular weight excluding hydrogens is 236 g/mol. The van der Waals surface area contributed by atoms with Crippen LogP contribution in [0.15, 0.2) is 24.3 Å². The Bertz CT molecular complexity index is 434. The van der Waals surface area contributed by atoms with Gasteiger partial charge in [0.25, 0.3) is 5.91 Å². The lowest BCUT2D eigenvalue weighted by Crippen LogP contribution is -2.44. The van der Waals surface area contributed by atoms with Crippen LogP contribution in [0.3, 0.4) is 0 Å². The third kappa shape index (κ3) is 3.46. The van der Waals surface area contributed by atoms with Gasteiger partial charge in [-0.15, -0.1) is 0 Å². The van der Waals surface area contributed by atoms with E-state index in [0.29, 0.717) is 18.0 Å². The Kier molecular flexibility index (Phi) is 5.13. The average molecular weight is 252 g/mol. The van der Waals surface area contributed by atoms with Crippen LogP contribution in [0.4, 0.5) is 5.69 Å². The molecule has 0 spiro atoms.